The van der Waals surface area contributed by atoms with Gasteiger partial charge in [-0.15, -0.1) is 0 Å². The first kappa shape index (κ1) is 17.6. The van der Waals surface area contributed by atoms with Crippen LogP contribution < -0.4 is 0 Å². The molecule has 0 fully saturated rings. The molecule has 0 atom stereocenters. The van der Waals surface area contributed by atoms with Crippen LogP contribution in [0.2, 0.25) is 0 Å². The van der Waals surface area contributed by atoms with Gasteiger partial charge in [-0.05, 0) is 36.8 Å². The van der Waals surface area contributed by atoms with Crippen molar-refractivity contribution in [3.05, 3.63) is 84.6 Å². The molecule has 7 heteroatoms. The maximum Gasteiger partial charge on any atom is 0.208 e. The van der Waals surface area contributed by atoms with Crippen LogP contribution in [0.4, 0.5) is 0 Å². The molecule has 0 amide bonds. The van der Waals surface area contributed by atoms with Crippen molar-refractivity contribution < 1.29 is 8.42 Å². The summed E-state index contributed by atoms with van der Waals surface area (Å²) in [7, 11) is -3.60. The van der Waals surface area contributed by atoms with E-state index in [1.807, 2.05) is 49.4 Å². The maximum atomic E-state index is 13.1. The summed E-state index contributed by atoms with van der Waals surface area (Å²) in [5.41, 5.74) is 3.67. The van der Waals surface area contributed by atoms with E-state index in [9.17, 15) is 8.42 Å². The Morgan fingerprint density at radius 3 is 2.66 bits per heavy atom. The highest BCUT2D eigenvalue weighted by Crippen LogP contribution is 2.28. The van der Waals surface area contributed by atoms with E-state index in [-0.39, 0.29) is 4.90 Å². The molecule has 0 saturated carbocycles. The number of rotatable bonds is 4. The van der Waals surface area contributed by atoms with E-state index < -0.39 is 9.84 Å². The van der Waals surface area contributed by atoms with Gasteiger partial charge < -0.3 is 9.55 Å². The van der Waals surface area contributed by atoms with Crippen molar-refractivity contribution in [2.75, 3.05) is 0 Å². The molecular formula is C22H18N4O2S. The summed E-state index contributed by atoms with van der Waals surface area (Å²) in [5, 5.41) is 0.700. The predicted octanol–water partition coefficient (Wildman–Crippen LogP) is 4.10. The number of H-pyrrole nitrogens is 1. The molecule has 0 saturated heterocycles. The highest BCUT2D eigenvalue weighted by Gasteiger charge is 2.21. The van der Waals surface area contributed by atoms with Crippen molar-refractivity contribution in [2.24, 2.45) is 0 Å². The molecule has 0 unspecified atom stereocenters. The number of aromatic amines is 1. The highest BCUT2D eigenvalue weighted by molar-refractivity contribution is 7.91. The van der Waals surface area contributed by atoms with Crippen LogP contribution in [0.5, 0.6) is 0 Å². The van der Waals surface area contributed by atoms with Gasteiger partial charge in [-0.25, -0.2) is 13.4 Å². The first-order chi connectivity index (χ1) is 14.0. The normalized spacial score (nSPS) is 12.0. The van der Waals surface area contributed by atoms with Crippen molar-refractivity contribution in [3.63, 3.8) is 0 Å². The molecule has 3 heterocycles. The van der Waals surface area contributed by atoms with Crippen LogP contribution >= 0.6 is 0 Å². The molecule has 29 heavy (non-hydrogen) atoms. The second-order valence-corrected chi connectivity index (χ2v) is 8.87. The van der Waals surface area contributed by atoms with Crippen molar-refractivity contribution >= 4 is 31.8 Å². The zero-order valence-corrected chi connectivity index (χ0v) is 16.5. The number of imidazole rings is 1. The Balaban J connectivity index is 1.49. The van der Waals surface area contributed by atoms with Gasteiger partial charge >= 0.3 is 0 Å². The summed E-state index contributed by atoms with van der Waals surface area (Å²) in [6, 6.07) is 16.4. The fourth-order valence-corrected chi connectivity index (χ4v) is 5.08. The molecule has 0 spiro atoms. The number of nitrogens with zero attached hydrogens (tertiary/aromatic N) is 3. The minimum atomic E-state index is -3.60. The largest absolute Gasteiger partial charge is 0.360 e. The number of para-hydroxylation sites is 1. The fraction of sp³-hybridized carbons (Fsp3) is 0.0909. The minimum absolute atomic E-state index is 0.280. The molecular weight excluding hydrogens is 384 g/mol. The Morgan fingerprint density at radius 2 is 1.83 bits per heavy atom. The Morgan fingerprint density at radius 1 is 1.03 bits per heavy atom. The Bertz CT molecular complexity index is 1450. The summed E-state index contributed by atoms with van der Waals surface area (Å²) < 4.78 is 28.3. The average molecular weight is 402 g/mol. The molecule has 3 aromatic heterocycles. The number of pyridine rings is 1. The molecule has 1 N–H and O–H groups in total. The average Bonchev–Trinajstić information content (AvgIpc) is 3.30. The first-order valence-electron chi connectivity index (χ1n) is 9.21. The number of aryl methyl sites for hydroxylation is 1. The van der Waals surface area contributed by atoms with Crippen LogP contribution in [0, 0.1) is 6.92 Å². The van der Waals surface area contributed by atoms with Crippen molar-refractivity contribution in [1.29, 1.82) is 0 Å². The van der Waals surface area contributed by atoms with Gasteiger partial charge in [0.1, 0.15) is 11.3 Å². The lowest BCUT2D eigenvalue weighted by Crippen LogP contribution is -2.04. The zero-order chi connectivity index (χ0) is 20.0. The van der Waals surface area contributed by atoms with Gasteiger partial charge in [0, 0.05) is 29.8 Å². The van der Waals surface area contributed by atoms with Crippen molar-refractivity contribution in [2.45, 2.75) is 23.3 Å². The molecule has 0 bridgehead atoms. The van der Waals surface area contributed by atoms with Crippen LogP contribution in [0.25, 0.3) is 21.9 Å². The third-order valence-electron chi connectivity index (χ3n) is 5.16. The van der Waals surface area contributed by atoms with E-state index in [2.05, 4.69) is 19.5 Å². The third-order valence-corrected chi connectivity index (χ3v) is 6.97. The molecule has 0 aliphatic heterocycles. The summed E-state index contributed by atoms with van der Waals surface area (Å²) in [6.07, 6.45) is 5.05. The maximum absolute atomic E-state index is 13.1. The number of hydrogen-bond acceptors (Lipinski definition) is 4. The van der Waals surface area contributed by atoms with E-state index in [1.54, 1.807) is 30.7 Å². The lowest BCUT2D eigenvalue weighted by molar-refractivity contribution is 0.597. The minimum Gasteiger partial charge on any atom is -0.360 e. The molecule has 0 aliphatic rings. The van der Waals surface area contributed by atoms with E-state index >= 15 is 0 Å². The predicted molar refractivity (Wildman–Crippen MR) is 112 cm³/mol. The van der Waals surface area contributed by atoms with Gasteiger partial charge in [-0.3, -0.25) is 4.98 Å². The van der Waals surface area contributed by atoms with E-state index in [0.29, 0.717) is 16.8 Å². The quantitative estimate of drug-likeness (QED) is 0.491. The van der Waals surface area contributed by atoms with Crippen LogP contribution in [-0.2, 0) is 16.4 Å². The van der Waals surface area contributed by atoms with Crippen LogP contribution in [0.15, 0.2) is 83.0 Å². The van der Waals surface area contributed by atoms with Crippen LogP contribution in [0.3, 0.4) is 0 Å². The molecule has 5 rings (SSSR count). The SMILES string of the molecule is Cc1nc2cnccc2n1Cc1ccc(S(=O)(=O)c2c[nH]c3ccccc23)cc1. The lowest BCUT2D eigenvalue weighted by Gasteiger charge is -2.09. The number of benzene rings is 2. The number of sulfone groups is 1. The fourth-order valence-electron chi connectivity index (χ4n) is 3.65. The molecule has 0 aliphatic carbocycles. The zero-order valence-electron chi connectivity index (χ0n) is 15.7. The van der Waals surface area contributed by atoms with Gasteiger partial charge in [-0.2, -0.15) is 0 Å². The standard InChI is InChI=1S/C22H18N4O2S/c1-15-25-20-12-23-11-10-21(20)26(15)14-16-6-8-17(9-7-16)29(27,28)22-13-24-19-5-3-2-4-18(19)22/h2-13,24H,14H2,1H3. The van der Waals surface area contributed by atoms with Gasteiger partial charge in [0.25, 0.3) is 0 Å². The number of hydrogen-bond donors (Lipinski definition) is 1. The third kappa shape index (κ3) is 2.91. The second-order valence-electron chi connectivity index (χ2n) is 6.96. The van der Waals surface area contributed by atoms with E-state index in [4.69, 9.17) is 0 Å². The van der Waals surface area contributed by atoms with E-state index in [0.717, 1.165) is 27.9 Å². The first-order valence-corrected chi connectivity index (χ1v) is 10.7. The second kappa shape index (κ2) is 6.56. The van der Waals surface area contributed by atoms with Gasteiger partial charge in [0.2, 0.25) is 9.84 Å². The number of nitrogens with one attached hydrogen (secondary N) is 1. The number of aromatic nitrogens is 4. The molecule has 5 aromatic rings. The Hall–Kier alpha value is -3.45. The Kier molecular flexibility index (Phi) is 3.99. The van der Waals surface area contributed by atoms with Gasteiger partial charge in [0.05, 0.1) is 21.5 Å². The summed E-state index contributed by atoms with van der Waals surface area (Å²) >= 11 is 0. The highest BCUT2D eigenvalue weighted by atomic mass is 32.2. The van der Waals surface area contributed by atoms with Gasteiger partial charge in [-0.1, -0.05) is 30.3 Å². The Labute approximate surface area is 167 Å². The number of fused-ring (bicyclic) bond motifs is 2. The molecule has 2 aromatic carbocycles. The summed E-state index contributed by atoms with van der Waals surface area (Å²) in [6.45, 7) is 2.57. The van der Waals surface area contributed by atoms with Crippen molar-refractivity contribution in [3.8, 4) is 0 Å². The topological polar surface area (TPSA) is 80.6 Å². The van der Waals surface area contributed by atoms with E-state index in [1.165, 1.54) is 0 Å². The summed E-state index contributed by atoms with van der Waals surface area (Å²) in [5.74, 6) is 0.892. The van der Waals surface area contributed by atoms with Gasteiger partial charge in [0.15, 0.2) is 0 Å². The molecule has 144 valence electrons. The van der Waals surface area contributed by atoms with Crippen molar-refractivity contribution in [1.82, 2.24) is 19.5 Å². The van der Waals surface area contributed by atoms with Crippen LogP contribution in [0.1, 0.15) is 11.4 Å². The molecule has 6 nitrogen and oxygen atoms in total. The smallest absolute Gasteiger partial charge is 0.208 e. The monoisotopic (exact) mass is 402 g/mol. The molecule has 0 radical (unpaired) electrons. The van der Waals surface area contributed by atoms with Crippen LogP contribution in [-0.4, -0.2) is 27.9 Å². The summed E-state index contributed by atoms with van der Waals surface area (Å²) in [4.78, 5) is 12.3. The lowest BCUT2D eigenvalue weighted by atomic mass is 10.2.